The van der Waals surface area contributed by atoms with Crippen LogP contribution in [0.5, 0.6) is 0 Å². The first-order valence-electron chi connectivity index (χ1n) is 7.30. The average Bonchev–Trinajstić information content (AvgIpc) is 2.50. The van der Waals surface area contributed by atoms with Gasteiger partial charge in [0.15, 0.2) is 0 Å². The van der Waals surface area contributed by atoms with Gasteiger partial charge in [0.1, 0.15) is 6.10 Å². The third kappa shape index (κ3) is 4.99. The molecule has 1 unspecified atom stereocenters. The van der Waals surface area contributed by atoms with E-state index in [2.05, 4.69) is 24.3 Å². The number of carbonyl (C=O) groups excluding carboxylic acids is 1. The van der Waals surface area contributed by atoms with Gasteiger partial charge in [-0.3, -0.25) is 4.79 Å². The summed E-state index contributed by atoms with van der Waals surface area (Å²) < 4.78 is 5.12. The second kappa shape index (κ2) is 9.03. The van der Waals surface area contributed by atoms with Crippen LogP contribution in [0, 0.1) is 5.92 Å². The predicted octanol–water partition coefficient (Wildman–Crippen LogP) is 1.86. The molecule has 1 aromatic carbocycles. The zero-order valence-corrected chi connectivity index (χ0v) is 13.3. The van der Waals surface area contributed by atoms with Gasteiger partial charge in [0.25, 0.3) is 5.91 Å². The van der Waals surface area contributed by atoms with Crippen LogP contribution < -0.4 is 5.73 Å². The molecule has 4 nitrogen and oxygen atoms in total. The Morgan fingerprint density at radius 3 is 2.48 bits per heavy atom. The molecule has 1 atom stereocenters. The molecule has 1 heterocycles. The van der Waals surface area contributed by atoms with Gasteiger partial charge in [-0.25, -0.2) is 0 Å². The monoisotopic (exact) mass is 312 g/mol. The summed E-state index contributed by atoms with van der Waals surface area (Å²) in [6.45, 7) is 1.88. The maximum absolute atomic E-state index is 12.1. The van der Waals surface area contributed by atoms with E-state index in [1.165, 1.54) is 12.7 Å². The lowest BCUT2D eigenvalue weighted by Crippen LogP contribution is -2.47. The van der Waals surface area contributed by atoms with Crippen molar-refractivity contribution in [3.05, 3.63) is 35.9 Å². The Balaban J connectivity index is 0.00000220. The van der Waals surface area contributed by atoms with E-state index in [1.807, 2.05) is 11.0 Å². The van der Waals surface area contributed by atoms with E-state index < -0.39 is 6.10 Å². The van der Waals surface area contributed by atoms with Crippen LogP contribution in [-0.4, -0.2) is 43.7 Å². The Morgan fingerprint density at radius 2 is 1.95 bits per heavy atom. The van der Waals surface area contributed by atoms with E-state index in [0.717, 1.165) is 32.4 Å². The molecule has 0 aliphatic carbocycles. The summed E-state index contributed by atoms with van der Waals surface area (Å²) in [6.07, 6.45) is 2.73. The number of likely N-dealkylation sites (tertiary alicyclic amines) is 1. The lowest BCUT2D eigenvalue weighted by molar-refractivity contribution is -0.142. The zero-order valence-electron chi connectivity index (χ0n) is 12.5. The average molecular weight is 313 g/mol. The molecule has 1 amide bonds. The van der Waals surface area contributed by atoms with Crippen molar-refractivity contribution in [3.63, 3.8) is 0 Å². The van der Waals surface area contributed by atoms with Gasteiger partial charge in [0, 0.05) is 26.7 Å². The molecule has 1 aliphatic rings. The van der Waals surface area contributed by atoms with Gasteiger partial charge in [-0.2, -0.15) is 0 Å². The minimum absolute atomic E-state index is 0. The van der Waals surface area contributed by atoms with Gasteiger partial charge >= 0.3 is 0 Å². The summed E-state index contributed by atoms with van der Waals surface area (Å²) in [4.78, 5) is 14.0. The molecule has 1 aliphatic heterocycles. The fourth-order valence-electron chi connectivity index (χ4n) is 2.81. The molecule has 1 saturated heterocycles. The van der Waals surface area contributed by atoms with Gasteiger partial charge in [-0.15, -0.1) is 12.4 Å². The first-order valence-corrected chi connectivity index (χ1v) is 7.30. The fraction of sp³-hybridized carbons (Fsp3) is 0.562. The largest absolute Gasteiger partial charge is 0.370 e. The van der Waals surface area contributed by atoms with Crippen molar-refractivity contribution >= 4 is 18.3 Å². The molecule has 21 heavy (non-hydrogen) atoms. The van der Waals surface area contributed by atoms with Crippen LogP contribution in [0.4, 0.5) is 0 Å². The van der Waals surface area contributed by atoms with E-state index in [9.17, 15) is 4.79 Å². The van der Waals surface area contributed by atoms with Crippen molar-refractivity contribution < 1.29 is 9.53 Å². The van der Waals surface area contributed by atoms with Gasteiger partial charge in [-0.1, -0.05) is 30.3 Å². The van der Waals surface area contributed by atoms with Gasteiger partial charge < -0.3 is 15.4 Å². The predicted molar refractivity (Wildman–Crippen MR) is 86.5 cm³/mol. The van der Waals surface area contributed by atoms with E-state index in [4.69, 9.17) is 10.5 Å². The molecular formula is C16H25ClN2O2. The number of rotatable bonds is 5. The zero-order chi connectivity index (χ0) is 14.4. The highest BCUT2D eigenvalue weighted by molar-refractivity contribution is 5.85. The lowest BCUT2D eigenvalue weighted by Gasteiger charge is -2.33. The Kier molecular flexibility index (Phi) is 7.72. The van der Waals surface area contributed by atoms with Crippen molar-refractivity contribution in [3.8, 4) is 0 Å². The molecule has 2 rings (SSSR count). The highest BCUT2D eigenvalue weighted by Gasteiger charge is 2.27. The highest BCUT2D eigenvalue weighted by atomic mass is 35.5. The maximum atomic E-state index is 12.1. The highest BCUT2D eigenvalue weighted by Crippen LogP contribution is 2.22. The number of amides is 1. The van der Waals surface area contributed by atoms with E-state index in [1.54, 1.807) is 0 Å². The van der Waals surface area contributed by atoms with E-state index in [0.29, 0.717) is 5.92 Å². The normalized spacial score (nSPS) is 17.1. The lowest BCUT2D eigenvalue weighted by atomic mass is 9.90. The number of hydrogen-bond acceptors (Lipinski definition) is 3. The van der Waals surface area contributed by atoms with Crippen LogP contribution in [0.3, 0.4) is 0 Å². The van der Waals surface area contributed by atoms with Gasteiger partial charge in [-0.05, 0) is 30.7 Å². The molecule has 0 aromatic heterocycles. The van der Waals surface area contributed by atoms with Crippen LogP contribution in [0.25, 0.3) is 0 Å². The fourth-order valence-corrected chi connectivity index (χ4v) is 2.81. The van der Waals surface area contributed by atoms with Crippen LogP contribution >= 0.6 is 12.4 Å². The Labute approximate surface area is 133 Å². The van der Waals surface area contributed by atoms with Gasteiger partial charge in [0.2, 0.25) is 0 Å². The number of piperidine rings is 1. The Hall–Kier alpha value is -1.10. The number of ether oxygens (including phenoxy) is 1. The summed E-state index contributed by atoms with van der Waals surface area (Å²) in [6, 6.07) is 10.6. The molecule has 118 valence electrons. The molecule has 0 bridgehead atoms. The Morgan fingerprint density at radius 1 is 1.33 bits per heavy atom. The van der Waals surface area contributed by atoms with E-state index >= 15 is 0 Å². The second-order valence-corrected chi connectivity index (χ2v) is 5.42. The van der Waals surface area contributed by atoms with Crippen molar-refractivity contribution in [2.45, 2.75) is 25.4 Å². The third-order valence-corrected chi connectivity index (χ3v) is 4.07. The van der Waals surface area contributed by atoms with Crippen molar-refractivity contribution in [1.29, 1.82) is 0 Å². The molecule has 0 spiro atoms. The number of nitrogens with zero attached hydrogens (tertiary/aromatic N) is 1. The Bertz CT molecular complexity index is 416. The minimum Gasteiger partial charge on any atom is -0.370 e. The number of nitrogens with two attached hydrogens (primary N) is 1. The maximum Gasteiger partial charge on any atom is 0.253 e. The number of benzene rings is 1. The van der Waals surface area contributed by atoms with Crippen molar-refractivity contribution in [1.82, 2.24) is 4.90 Å². The number of halogens is 1. The van der Waals surface area contributed by atoms with Crippen LogP contribution in [-0.2, 0) is 16.0 Å². The number of hydrogen-bond donors (Lipinski definition) is 1. The van der Waals surface area contributed by atoms with Crippen LogP contribution in [0.1, 0.15) is 18.4 Å². The number of methoxy groups -OCH3 is 1. The summed E-state index contributed by atoms with van der Waals surface area (Å²) >= 11 is 0. The van der Waals surface area contributed by atoms with Crippen LogP contribution in [0.2, 0.25) is 0 Å². The minimum atomic E-state index is -0.485. The number of carbonyl (C=O) groups is 1. The van der Waals surface area contributed by atoms with Crippen molar-refractivity contribution in [2.75, 3.05) is 26.7 Å². The quantitative estimate of drug-likeness (QED) is 0.903. The third-order valence-electron chi connectivity index (χ3n) is 4.07. The summed E-state index contributed by atoms with van der Waals surface area (Å²) in [5, 5.41) is 0. The molecular weight excluding hydrogens is 288 g/mol. The topological polar surface area (TPSA) is 55.6 Å². The standard InChI is InChI=1S/C16H24N2O2.ClH/c1-20-15(12-17)16(19)18-9-7-14(8-10-18)11-13-5-3-2-4-6-13;/h2-6,14-15H,7-12,17H2,1H3;1H. The summed E-state index contributed by atoms with van der Waals surface area (Å²) in [7, 11) is 1.54. The van der Waals surface area contributed by atoms with E-state index in [-0.39, 0.29) is 24.9 Å². The SMILES string of the molecule is COC(CN)C(=O)N1CCC(Cc2ccccc2)CC1.Cl. The molecule has 5 heteroatoms. The molecule has 0 saturated carbocycles. The van der Waals surface area contributed by atoms with Crippen molar-refractivity contribution in [2.24, 2.45) is 11.7 Å². The molecule has 2 N–H and O–H groups in total. The van der Waals surface area contributed by atoms with Gasteiger partial charge in [0.05, 0.1) is 0 Å². The first kappa shape index (κ1) is 18.0. The van der Waals surface area contributed by atoms with Crippen LogP contribution in [0.15, 0.2) is 30.3 Å². The summed E-state index contributed by atoms with van der Waals surface area (Å²) in [5.41, 5.74) is 6.93. The second-order valence-electron chi connectivity index (χ2n) is 5.42. The molecule has 1 fully saturated rings. The first-order chi connectivity index (χ1) is 9.74. The summed E-state index contributed by atoms with van der Waals surface area (Å²) in [5.74, 6) is 0.702. The smallest absolute Gasteiger partial charge is 0.253 e. The molecule has 0 radical (unpaired) electrons. The molecule has 1 aromatic rings.